The fourth-order valence-corrected chi connectivity index (χ4v) is 2.14. The molecule has 1 aromatic rings. The van der Waals surface area contributed by atoms with Gasteiger partial charge in [0, 0.05) is 4.47 Å². The van der Waals surface area contributed by atoms with Gasteiger partial charge in [0.05, 0.1) is 5.02 Å². The first-order valence-electron chi connectivity index (χ1n) is 2.81. The zero-order valence-corrected chi connectivity index (χ0v) is 8.75. The Bertz CT molecular complexity index is 404. The summed E-state index contributed by atoms with van der Waals surface area (Å²) in [7, 11) is -4.72. The molecular weight excluding hydrogens is 270 g/mol. The predicted octanol–water partition coefficient (Wildman–Crippen LogP) is 2.76. The van der Waals surface area contributed by atoms with Crippen molar-refractivity contribution in [1.29, 1.82) is 0 Å². The van der Waals surface area contributed by atoms with E-state index in [0.717, 1.165) is 6.07 Å². The molecule has 0 radical (unpaired) electrons. The van der Waals surface area contributed by atoms with Crippen LogP contribution in [-0.2, 0) is 10.2 Å². The van der Waals surface area contributed by atoms with Gasteiger partial charge >= 0.3 is 10.2 Å². The number of hydrogen-bond acceptors (Lipinski definition) is 2. The highest BCUT2D eigenvalue weighted by atomic mass is 79.9. The van der Waals surface area contributed by atoms with E-state index in [1.807, 2.05) is 0 Å². The number of hydrogen-bond donors (Lipinski definition) is 0. The normalized spacial score (nSPS) is 11.6. The average Bonchev–Trinajstić information content (AvgIpc) is 1.92. The summed E-state index contributed by atoms with van der Waals surface area (Å²) in [5.41, 5.74) is 0. The van der Waals surface area contributed by atoms with Gasteiger partial charge in [0.25, 0.3) is 0 Å². The van der Waals surface area contributed by atoms with Crippen molar-refractivity contribution in [3.8, 4) is 0 Å². The largest absolute Gasteiger partial charge is 0.333 e. The number of halogens is 3. The van der Waals surface area contributed by atoms with E-state index in [4.69, 9.17) is 11.6 Å². The van der Waals surface area contributed by atoms with Crippen molar-refractivity contribution in [2.24, 2.45) is 0 Å². The van der Waals surface area contributed by atoms with Crippen LogP contribution >= 0.6 is 27.5 Å². The molecule has 0 aromatic heterocycles. The standard InChI is InChI=1S/C6H3BrClFO2S/c7-4-1-2-5(8)6(3-4)12(9,10)11/h1-3H. The van der Waals surface area contributed by atoms with Crippen molar-refractivity contribution in [2.75, 3.05) is 0 Å². The summed E-state index contributed by atoms with van der Waals surface area (Å²) in [6.07, 6.45) is 0. The highest BCUT2D eigenvalue weighted by Gasteiger charge is 2.16. The fourth-order valence-electron chi connectivity index (χ4n) is 0.664. The van der Waals surface area contributed by atoms with Crippen LogP contribution in [0.25, 0.3) is 0 Å². The molecule has 0 aliphatic rings. The minimum atomic E-state index is -4.72. The van der Waals surface area contributed by atoms with Crippen molar-refractivity contribution in [3.63, 3.8) is 0 Å². The van der Waals surface area contributed by atoms with Crippen LogP contribution in [0.3, 0.4) is 0 Å². The summed E-state index contributed by atoms with van der Waals surface area (Å²) in [6, 6.07) is 3.94. The summed E-state index contributed by atoms with van der Waals surface area (Å²) >= 11 is 8.44. The molecule has 1 aromatic carbocycles. The van der Waals surface area contributed by atoms with Gasteiger partial charge in [-0.2, -0.15) is 8.42 Å². The zero-order valence-electron chi connectivity index (χ0n) is 5.59. The average molecular weight is 274 g/mol. The van der Waals surface area contributed by atoms with E-state index in [1.54, 1.807) is 0 Å². The van der Waals surface area contributed by atoms with Crippen LogP contribution in [0, 0.1) is 0 Å². The van der Waals surface area contributed by atoms with Crippen molar-refractivity contribution in [1.82, 2.24) is 0 Å². The van der Waals surface area contributed by atoms with E-state index in [-0.39, 0.29) is 5.02 Å². The van der Waals surface area contributed by atoms with Crippen molar-refractivity contribution in [3.05, 3.63) is 27.7 Å². The Kier molecular flexibility index (Phi) is 2.75. The first kappa shape index (κ1) is 9.95. The van der Waals surface area contributed by atoms with Gasteiger partial charge in [-0.25, -0.2) is 0 Å². The first-order valence-corrected chi connectivity index (χ1v) is 5.36. The first-order chi connectivity index (χ1) is 5.41. The molecule has 12 heavy (non-hydrogen) atoms. The maximum atomic E-state index is 12.4. The highest BCUT2D eigenvalue weighted by Crippen LogP contribution is 2.26. The van der Waals surface area contributed by atoms with Gasteiger partial charge < -0.3 is 0 Å². The third-order valence-electron chi connectivity index (χ3n) is 1.16. The molecule has 66 valence electrons. The van der Waals surface area contributed by atoms with E-state index in [1.165, 1.54) is 12.1 Å². The van der Waals surface area contributed by atoms with Gasteiger partial charge in [0.1, 0.15) is 4.90 Å². The maximum absolute atomic E-state index is 12.4. The van der Waals surface area contributed by atoms with Crippen LogP contribution in [0.5, 0.6) is 0 Å². The van der Waals surface area contributed by atoms with Crippen molar-refractivity contribution < 1.29 is 12.3 Å². The van der Waals surface area contributed by atoms with E-state index >= 15 is 0 Å². The molecule has 0 heterocycles. The minimum Gasteiger partial charge on any atom is -0.189 e. The Morgan fingerprint density at radius 1 is 1.42 bits per heavy atom. The Morgan fingerprint density at radius 3 is 2.42 bits per heavy atom. The zero-order chi connectivity index (χ0) is 9.35. The van der Waals surface area contributed by atoms with E-state index < -0.39 is 15.1 Å². The third kappa shape index (κ3) is 2.18. The molecule has 0 saturated heterocycles. The van der Waals surface area contributed by atoms with E-state index in [9.17, 15) is 12.3 Å². The molecule has 0 aliphatic heterocycles. The SMILES string of the molecule is O=S(=O)(F)c1cc(Br)ccc1Cl. The maximum Gasteiger partial charge on any atom is 0.333 e. The summed E-state index contributed by atoms with van der Waals surface area (Å²) < 4.78 is 33.8. The van der Waals surface area contributed by atoms with Crippen molar-refractivity contribution in [2.45, 2.75) is 4.90 Å². The number of rotatable bonds is 1. The second-order valence-electron chi connectivity index (χ2n) is 2.01. The molecule has 0 amide bonds. The fraction of sp³-hybridized carbons (Fsp3) is 0. The Hall–Kier alpha value is -0.130. The van der Waals surface area contributed by atoms with Gasteiger partial charge in [-0.15, -0.1) is 3.89 Å². The van der Waals surface area contributed by atoms with Crippen LogP contribution in [0.4, 0.5) is 3.89 Å². The molecule has 1 rings (SSSR count). The quantitative estimate of drug-likeness (QED) is 0.737. The smallest absolute Gasteiger partial charge is 0.189 e. The second-order valence-corrected chi connectivity index (χ2v) is 4.65. The molecule has 6 heteroatoms. The minimum absolute atomic E-state index is 0.124. The number of benzene rings is 1. The lowest BCUT2D eigenvalue weighted by molar-refractivity contribution is 0.552. The van der Waals surface area contributed by atoms with E-state index in [2.05, 4.69) is 15.9 Å². The molecule has 2 nitrogen and oxygen atoms in total. The third-order valence-corrected chi connectivity index (χ3v) is 2.95. The van der Waals surface area contributed by atoms with Crippen LogP contribution < -0.4 is 0 Å². The van der Waals surface area contributed by atoms with Crippen LogP contribution in [0.2, 0.25) is 5.02 Å². The summed E-state index contributed by atoms with van der Waals surface area (Å²) in [4.78, 5) is -0.515. The van der Waals surface area contributed by atoms with Gasteiger partial charge in [-0.05, 0) is 18.2 Å². The van der Waals surface area contributed by atoms with Crippen molar-refractivity contribution >= 4 is 37.8 Å². The van der Waals surface area contributed by atoms with Gasteiger partial charge in [-0.3, -0.25) is 0 Å². The lowest BCUT2D eigenvalue weighted by Crippen LogP contribution is -1.92. The molecule has 0 bridgehead atoms. The monoisotopic (exact) mass is 272 g/mol. The Morgan fingerprint density at radius 2 is 2.00 bits per heavy atom. The summed E-state index contributed by atoms with van der Waals surface area (Å²) in [5.74, 6) is 0. The van der Waals surface area contributed by atoms with Gasteiger partial charge in [0.2, 0.25) is 0 Å². The molecule has 0 aliphatic carbocycles. The topological polar surface area (TPSA) is 34.1 Å². The molecule has 0 atom stereocenters. The van der Waals surface area contributed by atoms with E-state index in [0.29, 0.717) is 4.47 Å². The lowest BCUT2D eigenvalue weighted by Gasteiger charge is -1.98. The second kappa shape index (κ2) is 3.32. The van der Waals surface area contributed by atoms with Gasteiger partial charge in [0.15, 0.2) is 0 Å². The summed E-state index contributed by atoms with van der Waals surface area (Å²) in [5, 5.41) is -0.124. The molecular formula is C6H3BrClFO2S. The molecule has 0 N–H and O–H groups in total. The van der Waals surface area contributed by atoms with Gasteiger partial charge in [-0.1, -0.05) is 27.5 Å². The van der Waals surface area contributed by atoms with Crippen LogP contribution in [-0.4, -0.2) is 8.42 Å². The van der Waals surface area contributed by atoms with Crippen LogP contribution in [0.1, 0.15) is 0 Å². The molecule has 0 saturated carbocycles. The Labute approximate surface area is 82.7 Å². The lowest BCUT2D eigenvalue weighted by atomic mass is 10.4. The molecule has 0 spiro atoms. The predicted molar refractivity (Wildman–Crippen MR) is 47.4 cm³/mol. The van der Waals surface area contributed by atoms with Crippen LogP contribution in [0.15, 0.2) is 27.6 Å². The highest BCUT2D eigenvalue weighted by molar-refractivity contribution is 9.10. The Balaban J connectivity index is 3.43. The molecule has 0 unspecified atom stereocenters. The summed E-state index contributed by atoms with van der Waals surface area (Å²) in [6.45, 7) is 0. The molecule has 0 fully saturated rings.